The number of fused-ring (bicyclic) bond motifs is 1. The molecule has 0 aliphatic carbocycles. The quantitative estimate of drug-likeness (QED) is 0.804. The number of anilines is 1. The van der Waals surface area contributed by atoms with E-state index in [1.807, 2.05) is 39.0 Å². The fourth-order valence-corrected chi connectivity index (χ4v) is 2.38. The fourth-order valence-electron chi connectivity index (χ4n) is 2.38. The smallest absolute Gasteiger partial charge is 0.222 e. The van der Waals surface area contributed by atoms with Gasteiger partial charge in [-0.05, 0) is 31.9 Å². The van der Waals surface area contributed by atoms with Crippen molar-refractivity contribution in [3.8, 4) is 0 Å². The number of rotatable bonds is 6. The third kappa shape index (κ3) is 3.75. The van der Waals surface area contributed by atoms with Crippen LogP contribution in [-0.2, 0) is 4.79 Å². The van der Waals surface area contributed by atoms with Crippen molar-refractivity contribution in [2.75, 3.05) is 18.4 Å². The third-order valence-electron chi connectivity index (χ3n) is 3.86. The lowest BCUT2D eigenvalue weighted by molar-refractivity contribution is -0.123. The summed E-state index contributed by atoms with van der Waals surface area (Å²) in [6, 6.07) is 8.18. The van der Waals surface area contributed by atoms with Crippen LogP contribution in [0.5, 0.6) is 0 Å². The minimum Gasteiger partial charge on any atom is -0.384 e. The molecule has 2 aromatic rings. The maximum Gasteiger partial charge on any atom is 0.222 e. The molecule has 0 aliphatic rings. The lowest BCUT2D eigenvalue weighted by Crippen LogP contribution is -2.29. The molecule has 1 aromatic heterocycles. The Kier molecular flexibility index (Phi) is 5.36. The minimum atomic E-state index is 0.0435. The lowest BCUT2D eigenvalue weighted by atomic mass is 10.1. The normalized spacial score (nSPS) is 11.0. The zero-order valence-electron chi connectivity index (χ0n) is 13.9. The van der Waals surface area contributed by atoms with Gasteiger partial charge in [0.1, 0.15) is 0 Å². The summed E-state index contributed by atoms with van der Waals surface area (Å²) in [6.07, 6.45) is 0.896. The first-order valence-corrected chi connectivity index (χ1v) is 7.88. The number of amides is 1. The van der Waals surface area contributed by atoms with Crippen molar-refractivity contribution < 1.29 is 4.79 Å². The second-order valence-electron chi connectivity index (χ2n) is 5.94. The number of aromatic nitrogens is 1. The van der Waals surface area contributed by atoms with Crippen LogP contribution in [0.25, 0.3) is 10.9 Å². The second-order valence-corrected chi connectivity index (χ2v) is 5.94. The zero-order chi connectivity index (χ0) is 16.1. The van der Waals surface area contributed by atoms with Crippen LogP contribution in [0.2, 0.25) is 0 Å². The SMILES string of the molecule is Cc1nc2ccccc2c(NCCCNC(=O)C(C)C)c1C. The first-order chi connectivity index (χ1) is 10.5. The van der Waals surface area contributed by atoms with E-state index in [4.69, 9.17) is 0 Å². The van der Waals surface area contributed by atoms with Crippen LogP contribution in [0.4, 0.5) is 5.69 Å². The second kappa shape index (κ2) is 7.25. The van der Waals surface area contributed by atoms with E-state index in [1.54, 1.807) is 0 Å². The molecule has 0 aliphatic heterocycles. The zero-order valence-corrected chi connectivity index (χ0v) is 13.9. The van der Waals surface area contributed by atoms with Gasteiger partial charge in [-0.2, -0.15) is 0 Å². The maximum atomic E-state index is 11.5. The molecule has 0 unspecified atom stereocenters. The maximum absolute atomic E-state index is 11.5. The van der Waals surface area contributed by atoms with E-state index in [2.05, 4.69) is 28.6 Å². The highest BCUT2D eigenvalue weighted by Gasteiger charge is 2.09. The Morgan fingerprint density at radius 1 is 1.18 bits per heavy atom. The molecule has 0 radical (unpaired) electrons. The molecule has 1 aromatic carbocycles. The summed E-state index contributed by atoms with van der Waals surface area (Å²) in [5.41, 5.74) is 4.40. The van der Waals surface area contributed by atoms with Gasteiger partial charge in [0.25, 0.3) is 0 Å². The van der Waals surface area contributed by atoms with E-state index in [0.717, 1.165) is 35.2 Å². The number of carbonyl (C=O) groups excluding carboxylic acids is 1. The fraction of sp³-hybridized carbons (Fsp3) is 0.444. The summed E-state index contributed by atoms with van der Waals surface area (Å²) in [4.78, 5) is 16.1. The average molecular weight is 299 g/mol. The number of para-hydroxylation sites is 1. The highest BCUT2D eigenvalue weighted by Crippen LogP contribution is 2.27. The molecule has 0 saturated carbocycles. The van der Waals surface area contributed by atoms with Crippen molar-refractivity contribution in [3.63, 3.8) is 0 Å². The summed E-state index contributed by atoms with van der Waals surface area (Å²) in [5, 5.41) is 7.60. The van der Waals surface area contributed by atoms with Crippen LogP contribution < -0.4 is 10.6 Å². The number of carbonyl (C=O) groups is 1. The van der Waals surface area contributed by atoms with Gasteiger partial charge in [-0.25, -0.2) is 0 Å². The van der Waals surface area contributed by atoms with Crippen molar-refractivity contribution in [2.45, 2.75) is 34.1 Å². The van der Waals surface area contributed by atoms with E-state index >= 15 is 0 Å². The van der Waals surface area contributed by atoms with Gasteiger partial charge in [0, 0.05) is 35.8 Å². The summed E-state index contributed by atoms with van der Waals surface area (Å²) >= 11 is 0. The highest BCUT2D eigenvalue weighted by atomic mass is 16.1. The van der Waals surface area contributed by atoms with Crippen LogP contribution >= 0.6 is 0 Å². The third-order valence-corrected chi connectivity index (χ3v) is 3.86. The highest BCUT2D eigenvalue weighted by molar-refractivity contribution is 5.93. The molecule has 2 N–H and O–H groups in total. The summed E-state index contributed by atoms with van der Waals surface area (Å²) in [7, 11) is 0. The standard InChI is InChI=1S/C18H25N3O/c1-12(2)18(22)20-11-7-10-19-17-13(3)14(4)21-16-9-6-5-8-15(16)17/h5-6,8-9,12H,7,10-11H2,1-4H3,(H,19,21)(H,20,22). The Balaban J connectivity index is 2.00. The minimum absolute atomic E-state index is 0.0435. The molecule has 0 fully saturated rings. The van der Waals surface area contributed by atoms with Gasteiger partial charge in [-0.1, -0.05) is 32.0 Å². The Labute approximate surface area is 132 Å². The van der Waals surface area contributed by atoms with Gasteiger partial charge in [-0.15, -0.1) is 0 Å². The first kappa shape index (κ1) is 16.3. The van der Waals surface area contributed by atoms with Gasteiger partial charge in [0.05, 0.1) is 5.52 Å². The Morgan fingerprint density at radius 2 is 1.91 bits per heavy atom. The molecule has 4 heteroatoms. The van der Waals surface area contributed by atoms with Crippen molar-refractivity contribution in [2.24, 2.45) is 5.92 Å². The molecule has 0 bridgehead atoms. The van der Waals surface area contributed by atoms with E-state index in [9.17, 15) is 4.79 Å². The molecular weight excluding hydrogens is 274 g/mol. The first-order valence-electron chi connectivity index (χ1n) is 7.88. The number of nitrogens with one attached hydrogen (secondary N) is 2. The molecule has 2 rings (SSSR count). The van der Waals surface area contributed by atoms with Crippen molar-refractivity contribution >= 4 is 22.5 Å². The van der Waals surface area contributed by atoms with Gasteiger partial charge in [0.15, 0.2) is 0 Å². The predicted molar refractivity (Wildman–Crippen MR) is 92.2 cm³/mol. The molecule has 0 saturated heterocycles. The number of benzene rings is 1. The molecule has 22 heavy (non-hydrogen) atoms. The number of hydrogen-bond donors (Lipinski definition) is 2. The van der Waals surface area contributed by atoms with Crippen molar-refractivity contribution in [1.29, 1.82) is 0 Å². The number of pyridine rings is 1. The van der Waals surface area contributed by atoms with E-state index in [0.29, 0.717) is 6.54 Å². The van der Waals surface area contributed by atoms with Crippen LogP contribution in [0.3, 0.4) is 0 Å². The van der Waals surface area contributed by atoms with E-state index in [1.165, 1.54) is 5.56 Å². The molecule has 1 heterocycles. The molecule has 0 atom stereocenters. The number of aryl methyl sites for hydroxylation is 1. The van der Waals surface area contributed by atoms with Gasteiger partial charge in [0.2, 0.25) is 5.91 Å². The summed E-state index contributed by atoms with van der Waals surface area (Å²) in [5.74, 6) is 0.156. The average Bonchev–Trinajstić information content (AvgIpc) is 2.50. The predicted octanol–water partition coefficient (Wildman–Crippen LogP) is 3.43. The molecule has 118 valence electrons. The van der Waals surface area contributed by atoms with Crippen LogP contribution in [0.15, 0.2) is 24.3 Å². The van der Waals surface area contributed by atoms with Crippen LogP contribution in [-0.4, -0.2) is 24.0 Å². The summed E-state index contributed by atoms with van der Waals surface area (Å²) in [6.45, 7) is 9.47. The van der Waals surface area contributed by atoms with Crippen LogP contribution in [0, 0.1) is 19.8 Å². The lowest BCUT2D eigenvalue weighted by Gasteiger charge is -2.15. The monoisotopic (exact) mass is 299 g/mol. The number of hydrogen-bond acceptors (Lipinski definition) is 3. The van der Waals surface area contributed by atoms with Crippen LogP contribution in [0.1, 0.15) is 31.5 Å². The number of nitrogens with zero attached hydrogens (tertiary/aromatic N) is 1. The van der Waals surface area contributed by atoms with E-state index < -0.39 is 0 Å². The Morgan fingerprint density at radius 3 is 2.64 bits per heavy atom. The topological polar surface area (TPSA) is 54.0 Å². The van der Waals surface area contributed by atoms with Crippen molar-refractivity contribution in [1.82, 2.24) is 10.3 Å². The Bertz CT molecular complexity index is 665. The van der Waals surface area contributed by atoms with Gasteiger partial charge < -0.3 is 10.6 Å². The molecule has 0 spiro atoms. The molecule has 1 amide bonds. The van der Waals surface area contributed by atoms with Crippen molar-refractivity contribution in [3.05, 3.63) is 35.5 Å². The molecular formula is C18H25N3O. The van der Waals surface area contributed by atoms with E-state index in [-0.39, 0.29) is 11.8 Å². The van der Waals surface area contributed by atoms with Gasteiger partial charge >= 0.3 is 0 Å². The summed E-state index contributed by atoms with van der Waals surface area (Å²) < 4.78 is 0. The molecule has 4 nitrogen and oxygen atoms in total. The largest absolute Gasteiger partial charge is 0.384 e. The Hall–Kier alpha value is -2.10. The van der Waals surface area contributed by atoms with Gasteiger partial charge in [-0.3, -0.25) is 9.78 Å².